The maximum Gasteiger partial charge on any atom is 0.329 e. The van der Waals surface area contributed by atoms with Crippen LogP contribution >= 0.6 is 0 Å². The second-order valence-corrected chi connectivity index (χ2v) is 4.31. The zero-order chi connectivity index (χ0) is 14.3. The van der Waals surface area contributed by atoms with Gasteiger partial charge in [0.15, 0.2) is 0 Å². The van der Waals surface area contributed by atoms with E-state index in [9.17, 15) is 9.90 Å². The first-order valence-electron chi connectivity index (χ1n) is 6.54. The zero-order valence-electron chi connectivity index (χ0n) is 11.6. The van der Waals surface area contributed by atoms with E-state index in [1.54, 1.807) is 0 Å². The molecule has 2 N–H and O–H groups in total. The van der Waals surface area contributed by atoms with Crippen molar-refractivity contribution >= 4 is 11.8 Å². The van der Waals surface area contributed by atoms with Gasteiger partial charge in [0.25, 0.3) is 0 Å². The number of hydrogen-bond acceptors (Lipinski definition) is 5. The largest absolute Gasteiger partial charge is 0.480 e. The van der Waals surface area contributed by atoms with Crippen molar-refractivity contribution < 1.29 is 14.6 Å². The fourth-order valence-electron chi connectivity index (χ4n) is 1.71. The average Bonchev–Trinajstić information content (AvgIpc) is 2.42. The van der Waals surface area contributed by atoms with Gasteiger partial charge in [-0.2, -0.15) is 4.98 Å². The maximum atomic E-state index is 11.4. The lowest BCUT2D eigenvalue weighted by Gasteiger charge is -2.28. The molecule has 1 aromatic rings. The molecule has 0 aliphatic carbocycles. The molecule has 0 atom stereocenters. The Labute approximate surface area is 113 Å². The second kappa shape index (κ2) is 6.92. The van der Waals surface area contributed by atoms with E-state index in [-0.39, 0.29) is 0 Å². The SMILES string of the molecule is CCCOc1cncc(NC(CC)(CC)C(=O)O)n1. The second-order valence-electron chi connectivity index (χ2n) is 4.31. The van der Waals surface area contributed by atoms with E-state index in [0.29, 0.717) is 31.1 Å². The summed E-state index contributed by atoms with van der Waals surface area (Å²) < 4.78 is 5.38. The minimum Gasteiger partial charge on any atom is -0.480 e. The predicted molar refractivity (Wildman–Crippen MR) is 72.4 cm³/mol. The Kier molecular flexibility index (Phi) is 5.54. The molecule has 19 heavy (non-hydrogen) atoms. The first-order valence-corrected chi connectivity index (χ1v) is 6.54. The number of carboxylic acids is 1. The number of carboxylic acid groups (broad SMARTS) is 1. The van der Waals surface area contributed by atoms with E-state index in [1.807, 2.05) is 20.8 Å². The Morgan fingerprint density at radius 3 is 2.58 bits per heavy atom. The minimum absolute atomic E-state index is 0.401. The van der Waals surface area contributed by atoms with Crippen LogP contribution in [0, 0.1) is 0 Å². The summed E-state index contributed by atoms with van der Waals surface area (Å²) in [5, 5.41) is 12.3. The summed E-state index contributed by atoms with van der Waals surface area (Å²) in [7, 11) is 0. The molecule has 0 saturated carbocycles. The molecule has 0 amide bonds. The molecular formula is C13H21N3O3. The Bertz CT molecular complexity index is 419. The Hall–Kier alpha value is -1.85. The fourth-order valence-corrected chi connectivity index (χ4v) is 1.71. The molecule has 0 fully saturated rings. The highest BCUT2D eigenvalue weighted by Gasteiger charge is 2.35. The number of rotatable bonds is 8. The van der Waals surface area contributed by atoms with Crippen molar-refractivity contribution in [1.29, 1.82) is 0 Å². The first-order chi connectivity index (χ1) is 9.07. The topological polar surface area (TPSA) is 84.3 Å². The van der Waals surface area contributed by atoms with Crippen LogP contribution in [0.25, 0.3) is 0 Å². The van der Waals surface area contributed by atoms with Crippen molar-refractivity contribution in [2.45, 2.75) is 45.6 Å². The summed E-state index contributed by atoms with van der Waals surface area (Å²) >= 11 is 0. The first kappa shape index (κ1) is 15.2. The highest BCUT2D eigenvalue weighted by atomic mass is 16.5. The molecule has 0 unspecified atom stereocenters. The lowest BCUT2D eigenvalue weighted by molar-refractivity contribution is -0.142. The number of anilines is 1. The molecule has 1 heterocycles. The van der Waals surface area contributed by atoms with Gasteiger partial charge in [0.1, 0.15) is 11.4 Å². The molecule has 0 aromatic carbocycles. The molecule has 0 aliphatic heterocycles. The molecule has 1 aromatic heterocycles. The standard InChI is InChI=1S/C13H21N3O3/c1-4-7-19-11-9-14-8-10(15-11)16-13(5-2,6-3)12(17)18/h8-9H,4-7H2,1-3H3,(H,15,16)(H,17,18). The van der Waals surface area contributed by atoms with Crippen molar-refractivity contribution in [3.8, 4) is 5.88 Å². The molecule has 0 radical (unpaired) electrons. The highest BCUT2D eigenvalue weighted by molar-refractivity contribution is 5.82. The molecule has 0 aliphatic rings. The van der Waals surface area contributed by atoms with Crippen molar-refractivity contribution in [2.24, 2.45) is 0 Å². The monoisotopic (exact) mass is 267 g/mol. The highest BCUT2D eigenvalue weighted by Crippen LogP contribution is 2.22. The minimum atomic E-state index is -1.02. The molecule has 106 valence electrons. The lowest BCUT2D eigenvalue weighted by Crippen LogP contribution is -2.45. The van der Waals surface area contributed by atoms with E-state index in [1.165, 1.54) is 12.4 Å². The van der Waals surface area contributed by atoms with Crippen LogP contribution < -0.4 is 10.1 Å². The van der Waals surface area contributed by atoms with Crippen LogP contribution in [-0.2, 0) is 4.79 Å². The predicted octanol–water partition coefficient (Wildman–Crippen LogP) is 2.32. The van der Waals surface area contributed by atoms with Crippen LogP contribution in [0.3, 0.4) is 0 Å². The number of carbonyl (C=O) groups is 1. The van der Waals surface area contributed by atoms with Crippen LogP contribution in [0.4, 0.5) is 5.82 Å². The maximum absolute atomic E-state index is 11.4. The van der Waals surface area contributed by atoms with Crippen LogP contribution in [0.15, 0.2) is 12.4 Å². The molecule has 1 rings (SSSR count). The number of nitrogens with zero attached hydrogens (tertiary/aromatic N) is 2. The van der Waals surface area contributed by atoms with E-state index in [4.69, 9.17) is 4.74 Å². The summed E-state index contributed by atoms with van der Waals surface area (Å²) in [6.45, 7) is 6.22. The van der Waals surface area contributed by atoms with Crippen LogP contribution in [-0.4, -0.2) is 33.2 Å². The van der Waals surface area contributed by atoms with Crippen LogP contribution in [0.1, 0.15) is 40.0 Å². The van der Waals surface area contributed by atoms with Gasteiger partial charge in [-0.05, 0) is 19.3 Å². The Morgan fingerprint density at radius 2 is 2.05 bits per heavy atom. The summed E-state index contributed by atoms with van der Waals surface area (Å²) in [6, 6.07) is 0. The van der Waals surface area contributed by atoms with Gasteiger partial charge in [-0.1, -0.05) is 20.8 Å². The van der Waals surface area contributed by atoms with Crippen molar-refractivity contribution in [1.82, 2.24) is 9.97 Å². The zero-order valence-corrected chi connectivity index (χ0v) is 11.6. The van der Waals surface area contributed by atoms with Gasteiger partial charge in [0.2, 0.25) is 5.88 Å². The van der Waals surface area contributed by atoms with Gasteiger partial charge >= 0.3 is 5.97 Å². The molecule has 0 bridgehead atoms. The van der Waals surface area contributed by atoms with E-state index >= 15 is 0 Å². The van der Waals surface area contributed by atoms with Crippen molar-refractivity contribution in [3.05, 3.63) is 12.4 Å². The van der Waals surface area contributed by atoms with Crippen molar-refractivity contribution in [3.63, 3.8) is 0 Å². The van der Waals surface area contributed by atoms with Gasteiger partial charge in [-0.3, -0.25) is 4.98 Å². The third-order valence-electron chi connectivity index (χ3n) is 3.05. The summed E-state index contributed by atoms with van der Waals surface area (Å²) in [5.41, 5.74) is -1.02. The number of ether oxygens (including phenoxy) is 1. The quantitative estimate of drug-likeness (QED) is 0.752. The molecule has 6 nitrogen and oxygen atoms in total. The van der Waals surface area contributed by atoms with Crippen molar-refractivity contribution in [2.75, 3.05) is 11.9 Å². The Balaban J connectivity index is 2.88. The summed E-state index contributed by atoms with van der Waals surface area (Å²) in [6.07, 6.45) is 4.81. The summed E-state index contributed by atoms with van der Waals surface area (Å²) in [5.74, 6) is -0.0720. The number of aromatic nitrogens is 2. The smallest absolute Gasteiger partial charge is 0.329 e. The van der Waals surface area contributed by atoms with E-state index in [0.717, 1.165) is 6.42 Å². The van der Waals surface area contributed by atoms with Gasteiger partial charge < -0.3 is 15.2 Å². The van der Waals surface area contributed by atoms with Crippen LogP contribution in [0.2, 0.25) is 0 Å². The van der Waals surface area contributed by atoms with Gasteiger partial charge in [0, 0.05) is 0 Å². The third kappa shape index (κ3) is 3.81. The van der Waals surface area contributed by atoms with Gasteiger partial charge in [-0.25, -0.2) is 4.79 Å². The van der Waals surface area contributed by atoms with Gasteiger partial charge in [-0.15, -0.1) is 0 Å². The molecular weight excluding hydrogens is 246 g/mol. The normalized spacial score (nSPS) is 11.1. The number of aliphatic carboxylic acids is 1. The van der Waals surface area contributed by atoms with Gasteiger partial charge in [0.05, 0.1) is 19.0 Å². The lowest BCUT2D eigenvalue weighted by atomic mass is 9.93. The van der Waals surface area contributed by atoms with E-state index < -0.39 is 11.5 Å². The molecule has 6 heteroatoms. The third-order valence-corrected chi connectivity index (χ3v) is 3.05. The fraction of sp³-hybridized carbons (Fsp3) is 0.615. The average molecular weight is 267 g/mol. The number of hydrogen-bond donors (Lipinski definition) is 2. The summed E-state index contributed by atoms with van der Waals surface area (Å²) in [4.78, 5) is 19.6. The molecule has 0 spiro atoms. The molecule has 0 saturated heterocycles. The van der Waals surface area contributed by atoms with E-state index in [2.05, 4.69) is 15.3 Å². The van der Waals surface area contributed by atoms with Crippen LogP contribution in [0.5, 0.6) is 5.88 Å². The Morgan fingerprint density at radius 1 is 1.37 bits per heavy atom. The number of nitrogens with one attached hydrogen (secondary N) is 1.